The van der Waals surface area contributed by atoms with Gasteiger partial charge in [0.15, 0.2) is 0 Å². The van der Waals surface area contributed by atoms with E-state index in [2.05, 4.69) is 16.5 Å². The maximum Gasteiger partial charge on any atom is 0.220 e. The first-order chi connectivity index (χ1) is 11.5. The van der Waals surface area contributed by atoms with Gasteiger partial charge in [-0.15, -0.1) is 0 Å². The molecule has 0 fully saturated rings. The SMILES string of the molecule is Cc1nn(CCC#N)c(C)c1CCC(=O)NCC(O)c1ccsc1. The first-order valence-electron chi connectivity index (χ1n) is 7.89. The summed E-state index contributed by atoms with van der Waals surface area (Å²) in [7, 11) is 0. The van der Waals surface area contributed by atoms with E-state index in [1.807, 2.05) is 35.4 Å². The minimum Gasteiger partial charge on any atom is -0.387 e. The Hall–Kier alpha value is -2.17. The highest BCUT2D eigenvalue weighted by atomic mass is 32.1. The summed E-state index contributed by atoms with van der Waals surface area (Å²) in [5, 5.41) is 29.6. The molecule has 2 aromatic rings. The number of amides is 1. The summed E-state index contributed by atoms with van der Waals surface area (Å²) in [6.07, 6.45) is 0.701. The standard InChI is InChI=1S/C17H22N4O2S/c1-12-15(13(2)21(20-12)8-3-7-18)4-5-17(23)19-10-16(22)14-6-9-24-11-14/h6,9,11,16,22H,3-5,8,10H2,1-2H3,(H,19,23). The first-order valence-corrected chi connectivity index (χ1v) is 8.84. The summed E-state index contributed by atoms with van der Waals surface area (Å²) in [6.45, 7) is 4.67. The van der Waals surface area contributed by atoms with Crippen molar-refractivity contribution in [2.75, 3.05) is 6.54 Å². The third kappa shape index (κ3) is 4.66. The smallest absolute Gasteiger partial charge is 0.220 e. The summed E-state index contributed by atoms with van der Waals surface area (Å²) < 4.78 is 1.83. The Labute approximate surface area is 145 Å². The minimum absolute atomic E-state index is 0.0899. The van der Waals surface area contributed by atoms with Crippen LogP contribution in [0.4, 0.5) is 0 Å². The lowest BCUT2D eigenvalue weighted by Gasteiger charge is -2.10. The van der Waals surface area contributed by atoms with E-state index in [0.717, 1.165) is 22.5 Å². The topological polar surface area (TPSA) is 90.9 Å². The van der Waals surface area contributed by atoms with Crippen molar-refractivity contribution < 1.29 is 9.90 Å². The Balaban J connectivity index is 1.83. The minimum atomic E-state index is -0.669. The molecular formula is C17H22N4O2S. The molecule has 0 bridgehead atoms. The van der Waals surface area contributed by atoms with Gasteiger partial charge in [0.2, 0.25) is 5.91 Å². The maximum absolute atomic E-state index is 12.0. The molecule has 1 amide bonds. The van der Waals surface area contributed by atoms with Gasteiger partial charge < -0.3 is 10.4 Å². The average molecular weight is 346 g/mol. The molecule has 2 heterocycles. The van der Waals surface area contributed by atoms with Gasteiger partial charge in [-0.3, -0.25) is 9.48 Å². The zero-order valence-corrected chi connectivity index (χ0v) is 14.8. The molecule has 0 saturated heterocycles. The highest BCUT2D eigenvalue weighted by Gasteiger charge is 2.14. The third-order valence-corrected chi connectivity index (χ3v) is 4.69. The lowest BCUT2D eigenvalue weighted by Crippen LogP contribution is -2.28. The first kappa shape index (κ1) is 18.2. The van der Waals surface area contributed by atoms with Crippen molar-refractivity contribution >= 4 is 17.2 Å². The molecule has 1 unspecified atom stereocenters. The second-order valence-corrected chi connectivity index (χ2v) is 6.44. The van der Waals surface area contributed by atoms with E-state index in [9.17, 15) is 9.90 Å². The van der Waals surface area contributed by atoms with Gasteiger partial charge in [-0.25, -0.2) is 0 Å². The van der Waals surface area contributed by atoms with Crippen LogP contribution < -0.4 is 5.32 Å². The van der Waals surface area contributed by atoms with Gasteiger partial charge in [-0.2, -0.15) is 21.7 Å². The van der Waals surface area contributed by atoms with Crippen LogP contribution in [0.3, 0.4) is 0 Å². The number of nitrogens with one attached hydrogen (secondary N) is 1. The van der Waals surface area contributed by atoms with Gasteiger partial charge in [-0.1, -0.05) is 0 Å². The molecule has 7 heteroatoms. The van der Waals surface area contributed by atoms with Crippen molar-refractivity contribution in [3.8, 4) is 6.07 Å². The molecule has 0 radical (unpaired) electrons. The Kier molecular flexibility index (Phi) is 6.53. The molecule has 1 atom stereocenters. The van der Waals surface area contributed by atoms with Gasteiger partial charge in [0.05, 0.1) is 30.8 Å². The molecule has 0 aliphatic heterocycles. The predicted molar refractivity (Wildman–Crippen MR) is 92.5 cm³/mol. The maximum atomic E-state index is 12.0. The quantitative estimate of drug-likeness (QED) is 0.767. The fourth-order valence-electron chi connectivity index (χ4n) is 2.59. The second-order valence-electron chi connectivity index (χ2n) is 5.66. The van der Waals surface area contributed by atoms with Crippen LogP contribution in [0.5, 0.6) is 0 Å². The van der Waals surface area contributed by atoms with Crippen molar-refractivity contribution in [1.82, 2.24) is 15.1 Å². The van der Waals surface area contributed by atoms with Gasteiger partial charge in [0.1, 0.15) is 0 Å². The van der Waals surface area contributed by atoms with Crippen LogP contribution in [0, 0.1) is 25.2 Å². The number of carbonyl (C=O) groups excluding carboxylic acids is 1. The van der Waals surface area contributed by atoms with Crippen molar-refractivity contribution in [1.29, 1.82) is 5.26 Å². The molecule has 2 rings (SSSR count). The number of nitrogens with zero attached hydrogens (tertiary/aromatic N) is 3. The highest BCUT2D eigenvalue weighted by molar-refractivity contribution is 7.07. The summed E-state index contributed by atoms with van der Waals surface area (Å²) >= 11 is 1.52. The predicted octanol–water partition coefficient (Wildman–Crippen LogP) is 2.26. The monoisotopic (exact) mass is 346 g/mol. The summed E-state index contributed by atoms with van der Waals surface area (Å²) in [4.78, 5) is 12.0. The lowest BCUT2D eigenvalue weighted by molar-refractivity contribution is -0.121. The number of hydrogen-bond acceptors (Lipinski definition) is 5. The fraction of sp³-hybridized carbons (Fsp3) is 0.471. The number of nitriles is 1. The van der Waals surface area contributed by atoms with Gasteiger partial charge in [-0.05, 0) is 48.2 Å². The number of thiophene rings is 1. The van der Waals surface area contributed by atoms with Crippen molar-refractivity contribution in [2.45, 2.75) is 45.8 Å². The average Bonchev–Trinajstić information content (AvgIpc) is 3.18. The van der Waals surface area contributed by atoms with Crippen LogP contribution in [-0.4, -0.2) is 27.3 Å². The largest absolute Gasteiger partial charge is 0.387 e. The molecular weight excluding hydrogens is 324 g/mol. The van der Waals surface area contributed by atoms with Gasteiger partial charge in [0, 0.05) is 18.7 Å². The number of aromatic nitrogens is 2. The van der Waals surface area contributed by atoms with Crippen LogP contribution in [-0.2, 0) is 17.8 Å². The molecule has 2 N–H and O–H groups in total. The number of rotatable bonds is 8. The number of carbonyl (C=O) groups is 1. The van der Waals surface area contributed by atoms with Crippen LogP contribution in [0.2, 0.25) is 0 Å². The molecule has 24 heavy (non-hydrogen) atoms. The Morgan fingerprint density at radius 3 is 3.00 bits per heavy atom. The molecule has 0 aliphatic carbocycles. The van der Waals surface area contributed by atoms with Gasteiger partial charge >= 0.3 is 0 Å². The zero-order chi connectivity index (χ0) is 17.5. The van der Waals surface area contributed by atoms with Crippen LogP contribution in [0.15, 0.2) is 16.8 Å². The lowest BCUT2D eigenvalue weighted by atomic mass is 10.1. The molecule has 0 spiro atoms. The van der Waals surface area contributed by atoms with E-state index >= 15 is 0 Å². The van der Waals surface area contributed by atoms with Crippen molar-refractivity contribution in [3.63, 3.8) is 0 Å². The fourth-order valence-corrected chi connectivity index (χ4v) is 3.30. The zero-order valence-electron chi connectivity index (χ0n) is 14.0. The summed E-state index contributed by atoms with van der Waals surface area (Å²) in [5.74, 6) is -0.0899. The van der Waals surface area contributed by atoms with Gasteiger partial charge in [0.25, 0.3) is 0 Å². The van der Waals surface area contributed by atoms with E-state index < -0.39 is 6.10 Å². The molecule has 2 aromatic heterocycles. The van der Waals surface area contributed by atoms with Crippen LogP contribution in [0.1, 0.15) is 41.5 Å². The summed E-state index contributed by atoms with van der Waals surface area (Å²) in [6, 6.07) is 3.96. The highest BCUT2D eigenvalue weighted by Crippen LogP contribution is 2.17. The van der Waals surface area contributed by atoms with Crippen molar-refractivity contribution in [2.24, 2.45) is 0 Å². The number of hydrogen-bond donors (Lipinski definition) is 2. The molecule has 0 aliphatic rings. The molecule has 6 nitrogen and oxygen atoms in total. The van der Waals surface area contributed by atoms with E-state index in [1.165, 1.54) is 11.3 Å². The Morgan fingerprint density at radius 2 is 2.33 bits per heavy atom. The van der Waals surface area contributed by atoms with E-state index in [0.29, 0.717) is 25.8 Å². The second kappa shape index (κ2) is 8.62. The van der Waals surface area contributed by atoms with E-state index in [1.54, 1.807) is 0 Å². The number of aliphatic hydroxyl groups excluding tert-OH is 1. The van der Waals surface area contributed by atoms with E-state index in [4.69, 9.17) is 5.26 Å². The van der Waals surface area contributed by atoms with Crippen LogP contribution >= 0.6 is 11.3 Å². The van der Waals surface area contributed by atoms with E-state index in [-0.39, 0.29) is 12.5 Å². The Morgan fingerprint density at radius 1 is 1.54 bits per heavy atom. The summed E-state index contributed by atoms with van der Waals surface area (Å²) in [5.41, 5.74) is 3.79. The normalized spacial score (nSPS) is 11.9. The van der Waals surface area contributed by atoms with Crippen LogP contribution in [0.25, 0.3) is 0 Å². The molecule has 0 aromatic carbocycles. The molecule has 0 saturated carbocycles. The third-order valence-electron chi connectivity index (χ3n) is 3.99. The Bertz CT molecular complexity index is 716. The number of aliphatic hydroxyl groups is 1. The van der Waals surface area contributed by atoms with Crippen molar-refractivity contribution in [3.05, 3.63) is 39.3 Å². The number of aryl methyl sites for hydroxylation is 2. The molecule has 128 valence electrons.